The molecule has 0 rings (SSSR count). The van der Waals surface area contributed by atoms with Gasteiger partial charge in [-0.25, -0.2) is 9.13 Å². The van der Waals surface area contributed by atoms with Crippen molar-refractivity contribution >= 4 is 39.5 Å². The van der Waals surface area contributed by atoms with Crippen molar-refractivity contribution in [2.45, 2.75) is 496 Å². The van der Waals surface area contributed by atoms with Crippen LogP contribution in [0.15, 0.2) is 0 Å². The lowest BCUT2D eigenvalue weighted by Crippen LogP contribution is -2.30. The van der Waals surface area contributed by atoms with Gasteiger partial charge in [-0.1, -0.05) is 427 Å². The molecule has 0 radical (unpaired) electrons. The highest BCUT2D eigenvalue weighted by atomic mass is 31.2. The third-order valence-electron chi connectivity index (χ3n) is 21.3. The molecule has 0 saturated carbocycles. The quantitative estimate of drug-likeness (QED) is 0.0222. The van der Waals surface area contributed by atoms with Crippen LogP contribution >= 0.6 is 15.6 Å². The summed E-state index contributed by atoms with van der Waals surface area (Å²) < 4.78 is 69.0. The van der Waals surface area contributed by atoms with Gasteiger partial charge in [-0.2, -0.15) is 0 Å². The summed E-state index contributed by atoms with van der Waals surface area (Å²) in [6.45, 7) is 9.71. The number of hydrogen-bond donors (Lipinski definition) is 3. The summed E-state index contributed by atoms with van der Waals surface area (Å²) >= 11 is 0. The van der Waals surface area contributed by atoms with Crippen molar-refractivity contribution in [3.63, 3.8) is 0 Å². The summed E-state index contributed by atoms with van der Waals surface area (Å²) in [6.07, 6.45) is 73.6. The highest BCUT2D eigenvalue weighted by Gasteiger charge is 2.31. The van der Waals surface area contributed by atoms with E-state index in [1.807, 2.05) is 0 Å². The summed E-state index contributed by atoms with van der Waals surface area (Å²) in [5, 5.41) is 10.7. The molecule has 0 aromatic heterocycles. The van der Waals surface area contributed by atoms with Crippen LogP contribution in [-0.4, -0.2) is 96.7 Å². The highest BCUT2D eigenvalue weighted by molar-refractivity contribution is 7.47. The Morgan fingerprint density at radius 1 is 0.269 bits per heavy atom. The molecule has 3 unspecified atom stereocenters. The van der Waals surface area contributed by atoms with Gasteiger partial charge in [-0.15, -0.1) is 0 Å². The Morgan fingerprint density at radius 2 is 0.472 bits per heavy atom. The van der Waals surface area contributed by atoms with Gasteiger partial charge < -0.3 is 33.8 Å². The van der Waals surface area contributed by atoms with E-state index in [9.17, 15) is 43.2 Å². The van der Waals surface area contributed by atoms with Crippen molar-refractivity contribution in [3.05, 3.63) is 0 Å². The van der Waals surface area contributed by atoms with Gasteiger partial charge in [-0.05, 0) is 37.5 Å². The van der Waals surface area contributed by atoms with Crippen molar-refractivity contribution in [1.82, 2.24) is 0 Å². The molecular formula is C89H174O17P2. The summed E-state index contributed by atoms with van der Waals surface area (Å²) in [5.41, 5.74) is 0. The topological polar surface area (TPSA) is 237 Å². The number of rotatable bonds is 88. The van der Waals surface area contributed by atoms with Crippen molar-refractivity contribution < 1.29 is 80.2 Å². The summed E-state index contributed by atoms with van der Waals surface area (Å²) in [7, 11) is -9.93. The van der Waals surface area contributed by atoms with Crippen LogP contribution in [-0.2, 0) is 65.4 Å². The first-order valence-electron chi connectivity index (χ1n) is 46.0. The zero-order valence-corrected chi connectivity index (χ0v) is 73.0. The molecule has 0 fully saturated rings. The van der Waals surface area contributed by atoms with E-state index >= 15 is 0 Å². The van der Waals surface area contributed by atoms with E-state index in [2.05, 4.69) is 41.5 Å². The third kappa shape index (κ3) is 80.7. The van der Waals surface area contributed by atoms with Crippen LogP contribution < -0.4 is 0 Å². The maximum Gasteiger partial charge on any atom is 0.472 e. The molecule has 0 aromatic carbocycles. The molecule has 0 aliphatic carbocycles. The number of unbranched alkanes of at least 4 members (excludes halogenated alkanes) is 57. The Balaban J connectivity index is 5.24. The first-order chi connectivity index (χ1) is 52.4. The smallest absolute Gasteiger partial charge is 0.462 e. The predicted octanol–water partition coefficient (Wildman–Crippen LogP) is 27.4. The molecule has 17 nitrogen and oxygen atoms in total. The number of carbonyl (C=O) groups excluding carboxylic acids is 4. The molecule has 642 valence electrons. The summed E-state index contributed by atoms with van der Waals surface area (Å²) in [5.74, 6) is -0.523. The Kier molecular flexibility index (Phi) is 78.8. The van der Waals surface area contributed by atoms with Crippen LogP contribution in [0.2, 0.25) is 0 Å². The van der Waals surface area contributed by atoms with Crippen LogP contribution in [0.3, 0.4) is 0 Å². The van der Waals surface area contributed by atoms with Crippen LogP contribution in [0.5, 0.6) is 0 Å². The average molecular weight is 1580 g/mol. The largest absolute Gasteiger partial charge is 0.472 e. The van der Waals surface area contributed by atoms with Gasteiger partial charge in [0.05, 0.1) is 26.4 Å². The third-order valence-corrected chi connectivity index (χ3v) is 23.2. The lowest BCUT2D eigenvalue weighted by molar-refractivity contribution is -0.161. The van der Waals surface area contributed by atoms with Gasteiger partial charge in [0.2, 0.25) is 0 Å². The molecule has 0 saturated heterocycles. The molecule has 0 aliphatic heterocycles. The number of aliphatic hydroxyl groups is 1. The lowest BCUT2D eigenvalue weighted by Gasteiger charge is -2.21. The van der Waals surface area contributed by atoms with E-state index < -0.39 is 97.5 Å². The summed E-state index contributed by atoms with van der Waals surface area (Å²) in [4.78, 5) is 73.3. The van der Waals surface area contributed by atoms with Gasteiger partial charge in [0.25, 0.3) is 0 Å². The SMILES string of the molecule is CCCCCCCCCCCCCCCCCCCCCCCC(=O)O[C@H](COC(=O)CCCCCCCCCCCCCCCCC(C)CC)COP(=O)(O)OC[C@@H](O)COP(=O)(O)OC[C@@H](COC(=O)CCCCCCCCCCC(C)C)OC(=O)CCCCCCCCCCCCCCCCCCCC. The Morgan fingerprint density at radius 3 is 0.704 bits per heavy atom. The highest BCUT2D eigenvalue weighted by Crippen LogP contribution is 2.45. The molecule has 19 heteroatoms. The van der Waals surface area contributed by atoms with Crippen LogP contribution in [0.25, 0.3) is 0 Å². The van der Waals surface area contributed by atoms with Crippen molar-refractivity contribution in [2.75, 3.05) is 39.6 Å². The maximum absolute atomic E-state index is 13.2. The fourth-order valence-electron chi connectivity index (χ4n) is 13.9. The lowest BCUT2D eigenvalue weighted by atomic mass is 9.99. The number of carbonyl (C=O) groups is 4. The Hall–Kier alpha value is -1.94. The Labute approximate surface area is 664 Å². The van der Waals surface area contributed by atoms with Crippen LogP contribution in [0.1, 0.15) is 478 Å². The average Bonchev–Trinajstić information content (AvgIpc) is 0.899. The molecule has 6 atom stereocenters. The maximum atomic E-state index is 13.2. The zero-order chi connectivity index (χ0) is 79.2. The van der Waals surface area contributed by atoms with E-state index in [1.165, 1.54) is 295 Å². The van der Waals surface area contributed by atoms with E-state index in [-0.39, 0.29) is 25.7 Å². The van der Waals surface area contributed by atoms with Gasteiger partial charge in [0.15, 0.2) is 12.2 Å². The first kappa shape index (κ1) is 106. The number of esters is 4. The first-order valence-corrected chi connectivity index (χ1v) is 49.0. The minimum atomic E-state index is -4.97. The van der Waals surface area contributed by atoms with Crippen molar-refractivity contribution in [1.29, 1.82) is 0 Å². The van der Waals surface area contributed by atoms with Gasteiger partial charge >= 0.3 is 39.5 Å². The fraction of sp³-hybridized carbons (Fsp3) is 0.955. The molecule has 0 heterocycles. The van der Waals surface area contributed by atoms with Crippen LogP contribution in [0, 0.1) is 11.8 Å². The summed E-state index contributed by atoms with van der Waals surface area (Å²) in [6, 6.07) is 0. The fourth-order valence-corrected chi connectivity index (χ4v) is 15.5. The monoisotopic (exact) mass is 1580 g/mol. The second kappa shape index (κ2) is 80.3. The number of hydrogen-bond acceptors (Lipinski definition) is 15. The molecular weight excluding hydrogens is 1400 g/mol. The van der Waals surface area contributed by atoms with Gasteiger partial charge in [0, 0.05) is 25.7 Å². The molecule has 0 aliphatic rings. The number of ether oxygens (including phenoxy) is 4. The van der Waals surface area contributed by atoms with Crippen LogP contribution in [0.4, 0.5) is 0 Å². The second-order valence-electron chi connectivity index (χ2n) is 32.7. The van der Waals surface area contributed by atoms with Gasteiger partial charge in [-0.3, -0.25) is 37.3 Å². The minimum absolute atomic E-state index is 0.108. The molecule has 0 amide bonds. The molecule has 3 N–H and O–H groups in total. The number of phosphoric acid groups is 2. The van der Waals surface area contributed by atoms with Crippen molar-refractivity contribution in [2.24, 2.45) is 11.8 Å². The van der Waals surface area contributed by atoms with E-state index in [0.29, 0.717) is 25.7 Å². The molecule has 0 aromatic rings. The molecule has 0 spiro atoms. The molecule has 108 heavy (non-hydrogen) atoms. The van der Waals surface area contributed by atoms with E-state index in [4.69, 9.17) is 37.0 Å². The molecule has 0 bridgehead atoms. The number of phosphoric ester groups is 2. The van der Waals surface area contributed by atoms with E-state index in [1.54, 1.807) is 0 Å². The Bertz CT molecular complexity index is 2070. The van der Waals surface area contributed by atoms with Crippen molar-refractivity contribution in [3.8, 4) is 0 Å². The predicted molar refractivity (Wildman–Crippen MR) is 446 cm³/mol. The van der Waals surface area contributed by atoms with Gasteiger partial charge in [0.1, 0.15) is 19.3 Å². The zero-order valence-electron chi connectivity index (χ0n) is 71.2. The normalized spacial score (nSPS) is 14.0. The number of aliphatic hydroxyl groups excluding tert-OH is 1. The minimum Gasteiger partial charge on any atom is -0.462 e. The standard InChI is InChI=1S/C89H174O17P2/c1-7-10-12-14-16-18-20-22-24-26-28-29-30-32-34-40-44-48-56-62-68-73-88(93)105-84(77-99-86(91)71-65-59-53-46-42-38-36-35-37-41-45-52-58-64-70-82(6)9-3)79-103-107(95,96)101-75-83(90)76-102-108(97,98)104-80-85(78-100-87(92)72-66-60-54-50-49-51-57-63-69-81(4)5)106-89(94)74-67-61-55-47-43-39-33-31-27-25-23-21-19-17-15-13-11-8-2/h81-85,90H,7-80H2,1-6H3,(H,95,96)(H,97,98)/t82?,83-,84-,85-/m1/s1. The van der Waals surface area contributed by atoms with E-state index in [0.717, 1.165) is 102 Å². The second-order valence-corrected chi connectivity index (χ2v) is 35.6.